The van der Waals surface area contributed by atoms with Crippen molar-refractivity contribution in [2.24, 2.45) is 5.92 Å². The van der Waals surface area contributed by atoms with Gasteiger partial charge in [0.15, 0.2) is 11.5 Å². The Morgan fingerprint density at radius 1 is 1.12 bits per heavy atom. The Labute approximate surface area is 148 Å². The highest BCUT2D eigenvalue weighted by atomic mass is 16.5. The average molecular weight is 343 g/mol. The van der Waals surface area contributed by atoms with Gasteiger partial charge in [-0.05, 0) is 62.0 Å². The van der Waals surface area contributed by atoms with Gasteiger partial charge in [-0.15, -0.1) is 0 Å². The molecule has 3 N–H and O–H groups in total. The van der Waals surface area contributed by atoms with Gasteiger partial charge >= 0.3 is 0 Å². The summed E-state index contributed by atoms with van der Waals surface area (Å²) in [5.41, 5.74) is 1.33. The molecule has 0 spiro atoms. The predicted molar refractivity (Wildman–Crippen MR) is 97.5 cm³/mol. The van der Waals surface area contributed by atoms with E-state index < -0.39 is 0 Å². The van der Waals surface area contributed by atoms with Gasteiger partial charge in [-0.3, -0.25) is 0 Å². The number of phenolic OH excluding ortho intramolecular Hbond substituents is 2. The van der Waals surface area contributed by atoms with Crippen molar-refractivity contribution in [3.05, 3.63) is 36.4 Å². The van der Waals surface area contributed by atoms with E-state index in [1.54, 1.807) is 13.2 Å². The van der Waals surface area contributed by atoms with Crippen LogP contribution in [0.4, 0.5) is 0 Å². The van der Waals surface area contributed by atoms with Crippen molar-refractivity contribution in [3.63, 3.8) is 0 Å². The van der Waals surface area contributed by atoms with Gasteiger partial charge in [0.1, 0.15) is 11.5 Å². The second-order valence-electron chi connectivity index (χ2n) is 6.42. The number of methoxy groups -OCH3 is 1. The third-order valence-electron chi connectivity index (χ3n) is 4.66. The lowest BCUT2D eigenvalue weighted by atomic mass is 9.97. The van der Waals surface area contributed by atoms with Gasteiger partial charge in [0.25, 0.3) is 0 Å². The molecule has 1 aliphatic rings. The molecule has 0 saturated carbocycles. The largest absolute Gasteiger partial charge is 0.504 e. The first-order chi connectivity index (χ1) is 12.2. The summed E-state index contributed by atoms with van der Waals surface area (Å²) in [6.45, 7) is 2.74. The Kier molecular flexibility index (Phi) is 5.66. The minimum atomic E-state index is -0.178. The van der Waals surface area contributed by atoms with Gasteiger partial charge in [-0.2, -0.15) is 0 Å². The highest BCUT2D eigenvalue weighted by molar-refractivity contribution is 5.75. The first-order valence-corrected chi connectivity index (χ1v) is 8.71. The number of aromatic hydroxyl groups is 2. The van der Waals surface area contributed by atoms with Crippen molar-refractivity contribution >= 4 is 0 Å². The van der Waals surface area contributed by atoms with Crippen molar-refractivity contribution in [2.75, 3.05) is 26.8 Å². The molecule has 2 aromatic carbocycles. The van der Waals surface area contributed by atoms with E-state index in [-0.39, 0.29) is 11.5 Å². The highest BCUT2D eigenvalue weighted by Crippen LogP contribution is 2.40. The number of ether oxygens (including phenoxy) is 2. The second kappa shape index (κ2) is 8.12. The number of hydrogen-bond donors (Lipinski definition) is 3. The Hall–Kier alpha value is -2.40. The minimum Gasteiger partial charge on any atom is -0.504 e. The number of nitrogens with one attached hydrogen (secondary N) is 1. The average Bonchev–Trinajstić information content (AvgIpc) is 2.65. The zero-order valence-corrected chi connectivity index (χ0v) is 14.5. The molecule has 0 aliphatic carbocycles. The summed E-state index contributed by atoms with van der Waals surface area (Å²) in [6, 6.07) is 10.5. The van der Waals surface area contributed by atoms with Crippen LogP contribution >= 0.6 is 0 Å². The van der Waals surface area contributed by atoms with E-state index >= 15 is 0 Å². The molecule has 134 valence electrons. The van der Waals surface area contributed by atoms with Crippen molar-refractivity contribution < 1.29 is 19.7 Å². The van der Waals surface area contributed by atoms with Crippen LogP contribution in [0.2, 0.25) is 0 Å². The van der Waals surface area contributed by atoms with Gasteiger partial charge in [0.2, 0.25) is 0 Å². The van der Waals surface area contributed by atoms with Crippen molar-refractivity contribution in [3.8, 4) is 34.1 Å². The third kappa shape index (κ3) is 4.37. The Morgan fingerprint density at radius 3 is 2.60 bits per heavy atom. The minimum absolute atomic E-state index is 0.144. The summed E-state index contributed by atoms with van der Waals surface area (Å²) in [5.74, 6) is 1.61. The van der Waals surface area contributed by atoms with Crippen LogP contribution in [0.15, 0.2) is 36.4 Å². The number of benzene rings is 2. The van der Waals surface area contributed by atoms with Crippen LogP contribution < -0.4 is 14.8 Å². The number of rotatable bonds is 6. The zero-order chi connectivity index (χ0) is 17.6. The molecular formula is C20H25NO4. The van der Waals surface area contributed by atoms with Gasteiger partial charge in [0.05, 0.1) is 13.7 Å². The molecule has 5 heteroatoms. The van der Waals surface area contributed by atoms with Gasteiger partial charge in [-0.25, -0.2) is 0 Å². The molecule has 0 radical (unpaired) electrons. The van der Waals surface area contributed by atoms with Crippen LogP contribution in [0.3, 0.4) is 0 Å². The molecule has 1 atom stereocenters. The number of hydrogen-bond acceptors (Lipinski definition) is 5. The van der Waals surface area contributed by atoms with Crippen LogP contribution in [0, 0.1) is 5.92 Å². The predicted octanol–water partition coefficient (Wildman–Crippen LogP) is 3.54. The molecule has 1 fully saturated rings. The molecule has 1 unspecified atom stereocenters. The normalized spacial score (nSPS) is 17.2. The summed E-state index contributed by atoms with van der Waals surface area (Å²) in [4.78, 5) is 0. The molecule has 0 amide bonds. The monoisotopic (exact) mass is 343 g/mol. The third-order valence-corrected chi connectivity index (χ3v) is 4.66. The lowest BCUT2D eigenvalue weighted by Crippen LogP contribution is -2.30. The van der Waals surface area contributed by atoms with Crippen LogP contribution in [-0.4, -0.2) is 37.0 Å². The van der Waals surface area contributed by atoms with E-state index in [1.807, 2.05) is 24.3 Å². The van der Waals surface area contributed by atoms with Gasteiger partial charge in [0, 0.05) is 11.6 Å². The lowest BCUT2D eigenvalue weighted by molar-refractivity contribution is 0.253. The molecule has 1 aliphatic heterocycles. The lowest BCUT2D eigenvalue weighted by Gasteiger charge is -2.22. The quantitative estimate of drug-likeness (QED) is 0.700. The van der Waals surface area contributed by atoms with Crippen LogP contribution in [-0.2, 0) is 0 Å². The smallest absolute Gasteiger partial charge is 0.165 e. The van der Waals surface area contributed by atoms with E-state index in [0.29, 0.717) is 23.8 Å². The van der Waals surface area contributed by atoms with Gasteiger partial charge < -0.3 is 25.0 Å². The fraction of sp³-hybridized carbons (Fsp3) is 0.400. The molecule has 3 rings (SSSR count). The van der Waals surface area contributed by atoms with E-state index in [0.717, 1.165) is 30.8 Å². The van der Waals surface area contributed by atoms with Gasteiger partial charge in [-0.1, -0.05) is 12.1 Å². The SMILES string of the molecule is COc1ccc(-c2cc(OCCC3CCCNC3)cc(O)c2O)cc1. The second-order valence-corrected chi connectivity index (χ2v) is 6.42. The maximum atomic E-state index is 10.2. The Bertz CT molecular complexity index is 694. The molecule has 0 aromatic heterocycles. The molecule has 5 nitrogen and oxygen atoms in total. The maximum absolute atomic E-state index is 10.2. The Morgan fingerprint density at radius 2 is 1.92 bits per heavy atom. The summed E-state index contributed by atoms with van der Waals surface area (Å²) in [6.07, 6.45) is 3.42. The summed E-state index contributed by atoms with van der Waals surface area (Å²) in [7, 11) is 1.61. The van der Waals surface area contributed by atoms with Crippen LogP contribution in [0.5, 0.6) is 23.0 Å². The van der Waals surface area contributed by atoms with E-state index in [9.17, 15) is 10.2 Å². The standard InChI is InChI=1S/C20H25NO4/c1-24-16-6-4-15(5-7-16)18-11-17(12-19(22)20(18)23)25-10-8-14-3-2-9-21-13-14/h4-7,11-12,14,21-23H,2-3,8-10,13H2,1H3. The van der Waals surface area contributed by atoms with E-state index in [1.165, 1.54) is 18.9 Å². The van der Waals surface area contributed by atoms with Crippen molar-refractivity contribution in [1.82, 2.24) is 5.32 Å². The van der Waals surface area contributed by atoms with E-state index in [2.05, 4.69) is 5.32 Å². The summed E-state index contributed by atoms with van der Waals surface area (Å²) in [5, 5.41) is 23.6. The molecular weight excluding hydrogens is 318 g/mol. The number of piperidine rings is 1. The Balaban J connectivity index is 1.70. The van der Waals surface area contributed by atoms with Crippen LogP contribution in [0.1, 0.15) is 19.3 Å². The molecule has 2 aromatic rings. The zero-order valence-electron chi connectivity index (χ0n) is 14.5. The van der Waals surface area contributed by atoms with Crippen molar-refractivity contribution in [2.45, 2.75) is 19.3 Å². The molecule has 25 heavy (non-hydrogen) atoms. The fourth-order valence-electron chi connectivity index (χ4n) is 3.18. The summed E-state index contributed by atoms with van der Waals surface area (Å²) >= 11 is 0. The topological polar surface area (TPSA) is 71.0 Å². The van der Waals surface area contributed by atoms with Crippen LogP contribution in [0.25, 0.3) is 11.1 Å². The number of phenols is 2. The van der Waals surface area contributed by atoms with E-state index in [4.69, 9.17) is 9.47 Å². The first-order valence-electron chi connectivity index (χ1n) is 8.71. The van der Waals surface area contributed by atoms with Crippen molar-refractivity contribution in [1.29, 1.82) is 0 Å². The fourth-order valence-corrected chi connectivity index (χ4v) is 3.18. The molecule has 1 saturated heterocycles. The maximum Gasteiger partial charge on any atom is 0.165 e. The summed E-state index contributed by atoms with van der Waals surface area (Å²) < 4.78 is 11.0. The first kappa shape index (κ1) is 17.4. The highest BCUT2D eigenvalue weighted by Gasteiger charge is 2.15. The molecule has 1 heterocycles. The molecule has 0 bridgehead atoms.